The molecule has 1 aromatic heterocycles. The van der Waals surface area contributed by atoms with E-state index in [1.165, 1.54) is 0 Å². The highest BCUT2D eigenvalue weighted by Crippen LogP contribution is 2.23. The van der Waals surface area contributed by atoms with E-state index in [1.54, 1.807) is 13.3 Å². The molecule has 1 fully saturated rings. The summed E-state index contributed by atoms with van der Waals surface area (Å²) in [7, 11) is 1.66. The van der Waals surface area contributed by atoms with Crippen LogP contribution in [0.3, 0.4) is 0 Å². The van der Waals surface area contributed by atoms with Crippen molar-refractivity contribution in [2.45, 2.75) is 0 Å². The van der Waals surface area contributed by atoms with Gasteiger partial charge in [0.05, 0.1) is 12.8 Å². The van der Waals surface area contributed by atoms with Crippen molar-refractivity contribution in [3.05, 3.63) is 79.1 Å². The minimum atomic E-state index is -0.000976. The molecule has 1 saturated heterocycles. The number of carbonyl (C=O) groups is 1. The molecule has 1 aliphatic rings. The Morgan fingerprint density at radius 1 is 0.909 bits per heavy atom. The van der Waals surface area contributed by atoms with Gasteiger partial charge >= 0.3 is 0 Å². The molecule has 3 aromatic carbocycles. The Balaban J connectivity index is 1.19. The molecule has 168 valence electrons. The summed E-state index contributed by atoms with van der Waals surface area (Å²) in [6.07, 6.45) is 3.74. The van der Waals surface area contributed by atoms with Crippen LogP contribution in [0.15, 0.2) is 79.1 Å². The zero-order valence-electron chi connectivity index (χ0n) is 18.6. The largest absolute Gasteiger partial charge is 0.497 e. The summed E-state index contributed by atoms with van der Waals surface area (Å²) in [5, 5.41) is 2.25. The molecule has 5 rings (SSSR count). The van der Waals surface area contributed by atoms with E-state index in [0.29, 0.717) is 31.9 Å². The first kappa shape index (κ1) is 20.9. The summed E-state index contributed by atoms with van der Waals surface area (Å²) in [6.45, 7) is 2.72. The molecule has 0 unspecified atom stereocenters. The molecule has 4 aromatic rings. The summed E-state index contributed by atoms with van der Waals surface area (Å²) >= 11 is 0. The molecular formula is C26H26N4O3. The summed E-state index contributed by atoms with van der Waals surface area (Å²) in [6, 6.07) is 21.9. The molecule has 0 radical (unpaired) electrons. The van der Waals surface area contributed by atoms with Gasteiger partial charge in [-0.15, -0.1) is 0 Å². The molecule has 0 bridgehead atoms. The number of piperazine rings is 1. The van der Waals surface area contributed by atoms with E-state index in [0.717, 1.165) is 28.2 Å². The average Bonchev–Trinajstić information content (AvgIpc) is 3.37. The maximum Gasteiger partial charge on any atom is 0.260 e. The fraction of sp³-hybridized carbons (Fsp3) is 0.231. The quantitative estimate of drug-likeness (QED) is 0.455. The van der Waals surface area contributed by atoms with Crippen LogP contribution in [-0.2, 0) is 4.79 Å². The number of hydrogen-bond donors (Lipinski definition) is 0. The van der Waals surface area contributed by atoms with Crippen LogP contribution in [0.2, 0.25) is 0 Å². The zero-order chi connectivity index (χ0) is 22.6. The van der Waals surface area contributed by atoms with E-state index in [4.69, 9.17) is 9.47 Å². The third-order valence-electron chi connectivity index (χ3n) is 5.95. The van der Waals surface area contributed by atoms with Crippen LogP contribution >= 0.6 is 0 Å². The second-order valence-corrected chi connectivity index (χ2v) is 7.96. The highest BCUT2D eigenvalue weighted by atomic mass is 16.5. The second kappa shape index (κ2) is 9.24. The molecule has 7 heteroatoms. The van der Waals surface area contributed by atoms with E-state index < -0.39 is 0 Å². The summed E-state index contributed by atoms with van der Waals surface area (Å²) in [5.41, 5.74) is 0.990. The highest BCUT2D eigenvalue weighted by molar-refractivity contribution is 5.84. The SMILES string of the molecule is COc1cccc(-n2ccnc2N2CCN(C(=O)COc3ccc4ccccc4c3)CC2)c1. The Bertz CT molecular complexity index is 1260. The molecular weight excluding hydrogens is 416 g/mol. The fourth-order valence-corrected chi connectivity index (χ4v) is 4.14. The first-order valence-electron chi connectivity index (χ1n) is 11.0. The predicted molar refractivity (Wildman–Crippen MR) is 128 cm³/mol. The van der Waals surface area contributed by atoms with Crippen molar-refractivity contribution in [3.8, 4) is 17.2 Å². The van der Waals surface area contributed by atoms with Crippen molar-refractivity contribution in [1.82, 2.24) is 14.5 Å². The predicted octanol–water partition coefficient (Wildman–Crippen LogP) is 3.76. The first-order valence-corrected chi connectivity index (χ1v) is 11.0. The lowest BCUT2D eigenvalue weighted by Crippen LogP contribution is -2.50. The maximum atomic E-state index is 12.7. The third kappa shape index (κ3) is 4.48. The number of nitrogens with zero attached hydrogens (tertiary/aromatic N) is 4. The van der Waals surface area contributed by atoms with Crippen LogP contribution in [0.25, 0.3) is 16.5 Å². The van der Waals surface area contributed by atoms with Crippen LogP contribution in [0.1, 0.15) is 0 Å². The number of imidazole rings is 1. The second-order valence-electron chi connectivity index (χ2n) is 7.96. The molecule has 7 nitrogen and oxygen atoms in total. The van der Waals surface area contributed by atoms with Crippen molar-refractivity contribution in [3.63, 3.8) is 0 Å². The van der Waals surface area contributed by atoms with E-state index in [1.807, 2.05) is 76.3 Å². The third-order valence-corrected chi connectivity index (χ3v) is 5.95. The van der Waals surface area contributed by atoms with Gasteiger partial charge in [0.1, 0.15) is 11.5 Å². The van der Waals surface area contributed by atoms with Crippen molar-refractivity contribution >= 4 is 22.6 Å². The van der Waals surface area contributed by atoms with Crippen LogP contribution < -0.4 is 14.4 Å². The fourth-order valence-electron chi connectivity index (χ4n) is 4.14. The van der Waals surface area contributed by atoms with Gasteiger partial charge in [-0.05, 0) is 35.0 Å². The summed E-state index contributed by atoms with van der Waals surface area (Å²) < 4.78 is 13.2. The van der Waals surface area contributed by atoms with Crippen molar-refractivity contribution in [2.24, 2.45) is 0 Å². The topological polar surface area (TPSA) is 59.8 Å². The van der Waals surface area contributed by atoms with Gasteiger partial charge in [0.2, 0.25) is 5.95 Å². The summed E-state index contributed by atoms with van der Waals surface area (Å²) in [4.78, 5) is 21.4. The average molecular weight is 443 g/mol. The lowest BCUT2D eigenvalue weighted by atomic mass is 10.1. The normalized spacial score (nSPS) is 13.8. The monoisotopic (exact) mass is 442 g/mol. The number of rotatable bonds is 6. The first-order chi connectivity index (χ1) is 16.2. The number of benzene rings is 3. The van der Waals surface area contributed by atoms with E-state index in [-0.39, 0.29) is 12.5 Å². The summed E-state index contributed by atoms with van der Waals surface area (Å²) in [5.74, 6) is 2.37. The Labute approximate surface area is 192 Å². The van der Waals surface area contributed by atoms with E-state index in [2.05, 4.69) is 16.0 Å². The van der Waals surface area contributed by atoms with Gasteiger partial charge in [0.15, 0.2) is 6.61 Å². The molecule has 33 heavy (non-hydrogen) atoms. The number of aromatic nitrogens is 2. The van der Waals surface area contributed by atoms with Gasteiger partial charge in [0, 0.05) is 44.6 Å². The number of ether oxygens (including phenoxy) is 2. The Morgan fingerprint density at radius 3 is 2.55 bits per heavy atom. The lowest BCUT2D eigenvalue weighted by Gasteiger charge is -2.35. The van der Waals surface area contributed by atoms with Crippen LogP contribution in [0, 0.1) is 0 Å². The minimum Gasteiger partial charge on any atom is -0.497 e. The Morgan fingerprint density at radius 2 is 1.73 bits per heavy atom. The van der Waals surface area contributed by atoms with E-state index in [9.17, 15) is 4.79 Å². The van der Waals surface area contributed by atoms with Gasteiger partial charge < -0.3 is 19.3 Å². The molecule has 0 aliphatic carbocycles. The van der Waals surface area contributed by atoms with E-state index >= 15 is 0 Å². The van der Waals surface area contributed by atoms with Gasteiger partial charge in [-0.1, -0.05) is 36.4 Å². The van der Waals surface area contributed by atoms with Crippen LogP contribution in [0.5, 0.6) is 11.5 Å². The molecule has 1 aliphatic heterocycles. The molecule has 0 spiro atoms. The van der Waals surface area contributed by atoms with Crippen molar-refractivity contribution < 1.29 is 14.3 Å². The number of amides is 1. The standard InChI is InChI=1S/C26H26N4O3/c1-32-23-8-4-7-22(18-23)30-12-11-27-26(30)29-15-13-28(14-16-29)25(31)19-33-24-10-9-20-5-2-3-6-21(20)17-24/h2-12,17-18H,13-16,19H2,1H3. The number of carbonyl (C=O) groups excluding carboxylic acids is 1. The zero-order valence-corrected chi connectivity index (χ0v) is 18.6. The number of hydrogen-bond acceptors (Lipinski definition) is 5. The molecule has 0 N–H and O–H groups in total. The van der Waals surface area contributed by atoms with Gasteiger partial charge in [0.25, 0.3) is 5.91 Å². The smallest absolute Gasteiger partial charge is 0.260 e. The number of methoxy groups -OCH3 is 1. The van der Waals surface area contributed by atoms with Gasteiger partial charge in [-0.3, -0.25) is 9.36 Å². The van der Waals surface area contributed by atoms with Crippen molar-refractivity contribution in [2.75, 3.05) is 44.8 Å². The van der Waals surface area contributed by atoms with Gasteiger partial charge in [-0.2, -0.15) is 0 Å². The van der Waals surface area contributed by atoms with Gasteiger partial charge in [-0.25, -0.2) is 4.98 Å². The number of fused-ring (bicyclic) bond motifs is 1. The lowest BCUT2D eigenvalue weighted by molar-refractivity contribution is -0.133. The number of anilines is 1. The van der Waals surface area contributed by atoms with Crippen molar-refractivity contribution in [1.29, 1.82) is 0 Å². The molecule has 1 amide bonds. The Hall–Kier alpha value is -4.00. The molecule has 0 saturated carbocycles. The molecule has 0 atom stereocenters. The van der Waals surface area contributed by atoms with Crippen LogP contribution in [-0.4, -0.2) is 60.3 Å². The maximum absolute atomic E-state index is 12.7. The molecule has 2 heterocycles. The minimum absolute atomic E-state index is 0.000976. The van der Waals surface area contributed by atoms with Crippen LogP contribution in [0.4, 0.5) is 5.95 Å². The highest BCUT2D eigenvalue weighted by Gasteiger charge is 2.24. The Kier molecular flexibility index (Phi) is 5.85.